The first-order valence-electron chi connectivity index (χ1n) is 9.91. The molecule has 2 aliphatic heterocycles. The molecule has 10 heteroatoms. The van der Waals surface area contributed by atoms with Gasteiger partial charge in [-0.15, -0.1) is 0 Å². The number of carbonyl (C=O) groups excluding carboxylic acids is 2. The van der Waals surface area contributed by atoms with E-state index in [9.17, 15) is 22.8 Å². The molecule has 164 valence electrons. The second-order valence-corrected chi connectivity index (χ2v) is 7.64. The molecule has 1 fully saturated rings. The number of halogens is 3. The highest BCUT2D eigenvalue weighted by molar-refractivity contribution is 6.18. The number of aromatic nitrogens is 2. The summed E-state index contributed by atoms with van der Waals surface area (Å²) in [5.41, 5.74) is 0.578. The van der Waals surface area contributed by atoms with Crippen LogP contribution in [0.1, 0.15) is 58.3 Å². The van der Waals surface area contributed by atoms with E-state index >= 15 is 0 Å². The van der Waals surface area contributed by atoms with Crippen LogP contribution in [-0.4, -0.2) is 58.4 Å². The molecule has 0 aliphatic carbocycles. The van der Waals surface area contributed by atoms with E-state index in [-0.39, 0.29) is 35.2 Å². The summed E-state index contributed by atoms with van der Waals surface area (Å²) in [4.78, 5) is 31.9. The van der Waals surface area contributed by atoms with E-state index in [2.05, 4.69) is 10.1 Å². The third-order valence-electron chi connectivity index (χ3n) is 5.47. The molecule has 1 aromatic heterocycles. The van der Waals surface area contributed by atoms with E-state index < -0.39 is 17.8 Å². The van der Waals surface area contributed by atoms with Crippen molar-refractivity contribution in [2.45, 2.75) is 32.5 Å². The van der Waals surface area contributed by atoms with Crippen molar-refractivity contribution in [3.8, 4) is 0 Å². The second kappa shape index (κ2) is 7.92. The summed E-state index contributed by atoms with van der Waals surface area (Å²) < 4.78 is 45.4. The Bertz CT molecular complexity index is 1050. The highest BCUT2D eigenvalue weighted by Gasteiger charge is 2.35. The largest absolute Gasteiger partial charge is 0.416 e. The number of hydrogen-bond acceptors (Lipinski definition) is 5. The summed E-state index contributed by atoms with van der Waals surface area (Å²) in [7, 11) is 0. The van der Waals surface area contributed by atoms with Crippen LogP contribution < -0.4 is 0 Å². The van der Waals surface area contributed by atoms with Crippen molar-refractivity contribution < 1.29 is 27.5 Å². The first-order valence-corrected chi connectivity index (χ1v) is 9.91. The quantitative estimate of drug-likeness (QED) is 0.739. The lowest BCUT2D eigenvalue weighted by molar-refractivity contribution is -0.137. The molecule has 31 heavy (non-hydrogen) atoms. The van der Waals surface area contributed by atoms with Gasteiger partial charge in [0.25, 0.3) is 5.91 Å². The van der Waals surface area contributed by atoms with Gasteiger partial charge in [-0.1, -0.05) is 12.1 Å². The number of rotatable bonds is 3. The van der Waals surface area contributed by atoms with Crippen molar-refractivity contribution in [2.24, 2.45) is 4.99 Å². The lowest BCUT2D eigenvalue weighted by Gasteiger charge is -2.26. The summed E-state index contributed by atoms with van der Waals surface area (Å²) in [6.45, 7) is 5.05. The number of nitrogens with zero attached hydrogens (tertiary/aromatic N) is 4. The fourth-order valence-corrected chi connectivity index (χ4v) is 3.76. The molecule has 0 spiro atoms. The molecule has 1 amide bonds. The first kappa shape index (κ1) is 21.2. The zero-order valence-electron chi connectivity index (χ0n) is 17.1. The number of morpholine rings is 1. The Morgan fingerprint density at radius 1 is 1.16 bits per heavy atom. The predicted octanol–water partition coefficient (Wildman–Crippen LogP) is 3.66. The lowest BCUT2D eigenvalue weighted by atomic mass is 10.0. The molecule has 2 aliphatic rings. The molecule has 1 aromatic carbocycles. The number of carbonyl (C=O) groups is 2. The Balaban J connectivity index is 1.76. The van der Waals surface area contributed by atoms with Crippen molar-refractivity contribution in [3.05, 3.63) is 46.6 Å². The SMILES string of the molecule is CC1=Nc2c(c(C(=O)N3CCOCC3)nn2C(C)c2ccc(C(F)(F)F)cc2)C(=O)C1. The summed E-state index contributed by atoms with van der Waals surface area (Å²) in [5.74, 6) is -0.358. The third kappa shape index (κ3) is 3.99. The normalized spacial score (nSPS) is 17.9. The van der Waals surface area contributed by atoms with Gasteiger partial charge in [0.05, 0.1) is 30.4 Å². The maximum atomic E-state index is 13.1. The van der Waals surface area contributed by atoms with E-state index in [1.54, 1.807) is 18.7 Å². The zero-order chi connectivity index (χ0) is 22.3. The van der Waals surface area contributed by atoms with Crippen LogP contribution in [0, 0.1) is 0 Å². The van der Waals surface area contributed by atoms with Crippen molar-refractivity contribution in [1.29, 1.82) is 0 Å². The molecule has 3 heterocycles. The molecular formula is C21H21F3N4O3. The molecule has 0 radical (unpaired) electrons. The molecule has 0 saturated carbocycles. The number of benzene rings is 1. The molecule has 1 saturated heterocycles. The molecule has 0 bridgehead atoms. The second-order valence-electron chi connectivity index (χ2n) is 7.64. The van der Waals surface area contributed by atoms with Gasteiger partial charge in [0.15, 0.2) is 17.3 Å². The number of Topliss-reactive ketones (excluding diaryl/α,β-unsaturated/α-hetero) is 1. The summed E-state index contributed by atoms with van der Waals surface area (Å²) in [6, 6.07) is 4.20. The summed E-state index contributed by atoms with van der Waals surface area (Å²) in [5, 5.41) is 4.43. The number of alkyl halides is 3. The molecule has 4 rings (SSSR count). The van der Waals surface area contributed by atoms with Crippen molar-refractivity contribution in [2.75, 3.05) is 26.3 Å². The highest BCUT2D eigenvalue weighted by atomic mass is 19.4. The van der Waals surface area contributed by atoms with Crippen LogP contribution in [0.25, 0.3) is 0 Å². The maximum absolute atomic E-state index is 13.1. The minimum atomic E-state index is -4.43. The van der Waals surface area contributed by atoms with Gasteiger partial charge in [0.2, 0.25) is 0 Å². The van der Waals surface area contributed by atoms with Gasteiger partial charge in [0, 0.05) is 25.2 Å². The topological polar surface area (TPSA) is 76.8 Å². The highest BCUT2D eigenvalue weighted by Crippen LogP contribution is 2.35. The van der Waals surface area contributed by atoms with E-state index in [4.69, 9.17) is 4.74 Å². The van der Waals surface area contributed by atoms with Gasteiger partial charge < -0.3 is 9.64 Å². The number of ether oxygens (including phenoxy) is 1. The number of hydrogen-bond donors (Lipinski definition) is 0. The molecule has 0 N–H and O–H groups in total. The molecular weight excluding hydrogens is 413 g/mol. The van der Waals surface area contributed by atoms with Crippen molar-refractivity contribution >= 4 is 23.2 Å². The van der Waals surface area contributed by atoms with Crippen LogP contribution in [0.15, 0.2) is 29.3 Å². The maximum Gasteiger partial charge on any atom is 0.416 e. The Hall–Kier alpha value is -3.01. The predicted molar refractivity (Wildman–Crippen MR) is 106 cm³/mol. The van der Waals surface area contributed by atoms with E-state index in [1.165, 1.54) is 16.8 Å². The van der Waals surface area contributed by atoms with Gasteiger partial charge in [-0.2, -0.15) is 18.3 Å². The van der Waals surface area contributed by atoms with Crippen LogP contribution in [-0.2, 0) is 10.9 Å². The van der Waals surface area contributed by atoms with E-state index in [1.807, 2.05) is 0 Å². The van der Waals surface area contributed by atoms with Gasteiger partial charge in [-0.05, 0) is 31.5 Å². The molecule has 1 atom stereocenters. The number of ketones is 1. The van der Waals surface area contributed by atoms with Crippen LogP contribution in [0.4, 0.5) is 19.0 Å². The third-order valence-corrected chi connectivity index (χ3v) is 5.47. The summed E-state index contributed by atoms with van der Waals surface area (Å²) >= 11 is 0. The van der Waals surface area contributed by atoms with Gasteiger partial charge >= 0.3 is 6.18 Å². The number of fused-ring (bicyclic) bond motifs is 1. The fraction of sp³-hybridized carbons (Fsp3) is 0.429. The van der Waals surface area contributed by atoms with Gasteiger partial charge in [0.1, 0.15) is 0 Å². The number of aliphatic imine (C=N–C) groups is 1. The molecule has 1 unspecified atom stereocenters. The van der Waals surface area contributed by atoms with Crippen LogP contribution >= 0.6 is 0 Å². The molecule has 2 aromatic rings. The Morgan fingerprint density at radius 2 is 1.81 bits per heavy atom. The van der Waals surface area contributed by atoms with E-state index in [0.717, 1.165) is 12.1 Å². The first-order chi connectivity index (χ1) is 14.7. The van der Waals surface area contributed by atoms with Crippen LogP contribution in [0.2, 0.25) is 0 Å². The Morgan fingerprint density at radius 3 is 2.42 bits per heavy atom. The minimum Gasteiger partial charge on any atom is -0.378 e. The Labute approximate surface area is 176 Å². The smallest absolute Gasteiger partial charge is 0.378 e. The van der Waals surface area contributed by atoms with Gasteiger partial charge in [-0.25, -0.2) is 9.67 Å². The van der Waals surface area contributed by atoms with Gasteiger partial charge in [-0.3, -0.25) is 9.59 Å². The van der Waals surface area contributed by atoms with Crippen LogP contribution in [0.5, 0.6) is 0 Å². The van der Waals surface area contributed by atoms with E-state index in [0.29, 0.717) is 37.6 Å². The zero-order valence-corrected chi connectivity index (χ0v) is 17.1. The molecule has 7 nitrogen and oxygen atoms in total. The standard InChI is InChI=1S/C21H21F3N4O3/c1-12-11-16(29)17-18(20(30)27-7-9-31-10-8-27)26-28(19(17)25-12)13(2)14-3-5-15(6-4-14)21(22,23)24/h3-6,13H,7-11H2,1-2H3. The average Bonchev–Trinajstić information content (AvgIpc) is 3.12. The fourth-order valence-electron chi connectivity index (χ4n) is 3.76. The van der Waals surface area contributed by atoms with Crippen molar-refractivity contribution in [1.82, 2.24) is 14.7 Å². The average molecular weight is 434 g/mol. The summed E-state index contributed by atoms with van der Waals surface area (Å²) in [6.07, 6.45) is -4.34. The Kier molecular flexibility index (Phi) is 5.42. The monoisotopic (exact) mass is 434 g/mol. The number of amides is 1. The van der Waals surface area contributed by atoms with Crippen LogP contribution in [0.3, 0.4) is 0 Å². The lowest BCUT2D eigenvalue weighted by Crippen LogP contribution is -2.41. The van der Waals surface area contributed by atoms with Crippen molar-refractivity contribution in [3.63, 3.8) is 0 Å². The minimum absolute atomic E-state index is 0.0249.